The summed E-state index contributed by atoms with van der Waals surface area (Å²) in [6.45, 7) is 7.59. The van der Waals surface area contributed by atoms with E-state index in [-0.39, 0.29) is 31.4 Å². The van der Waals surface area contributed by atoms with Crippen LogP contribution in [-0.2, 0) is 16.5 Å². The maximum atomic E-state index is 13.5. The zero-order valence-electron chi connectivity index (χ0n) is 18.8. The summed E-state index contributed by atoms with van der Waals surface area (Å²) in [6, 6.07) is 5.92. The molecule has 2 aromatic rings. The van der Waals surface area contributed by atoms with Crippen molar-refractivity contribution in [2.75, 3.05) is 26.9 Å². The van der Waals surface area contributed by atoms with E-state index in [1.807, 2.05) is 0 Å². The highest BCUT2D eigenvalue weighted by Crippen LogP contribution is 2.26. The zero-order chi connectivity index (χ0) is 23.3. The Hall–Kier alpha value is -2.64. The lowest BCUT2D eigenvalue weighted by molar-refractivity contribution is 0.0513. The monoisotopic (exact) mass is 448 g/mol. The second kappa shape index (κ2) is 10.6. The topological polar surface area (TPSA) is 77.8 Å². The molecule has 0 fully saturated rings. The van der Waals surface area contributed by atoms with Crippen LogP contribution in [0.1, 0.15) is 56.3 Å². The molecular formula is C23H29ClN2O5. The van der Waals surface area contributed by atoms with Crippen molar-refractivity contribution in [3.8, 4) is 0 Å². The number of methoxy groups -OCH3 is 1. The second-order valence-corrected chi connectivity index (χ2v) is 7.63. The summed E-state index contributed by atoms with van der Waals surface area (Å²) in [5.41, 5.74) is 2.22. The van der Waals surface area contributed by atoms with Gasteiger partial charge in [0.1, 0.15) is 5.69 Å². The number of amides is 1. The summed E-state index contributed by atoms with van der Waals surface area (Å²) in [6.07, 6.45) is 0. The number of hydrogen-bond donors (Lipinski definition) is 0. The molecule has 0 radical (unpaired) electrons. The number of halogens is 1. The minimum absolute atomic E-state index is 0.211. The van der Waals surface area contributed by atoms with Crippen molar-refractivity contribution in [2.24, 2.45) is 7.05 Å². The Labute approximate surface area is 187 Å². The largest absolute Gasteiger partial charge is 0.461 e. The zero-order valence-corrected chi connectivity index (χ0v) is 19.6. The number of nitrogens with zero attached hydrogens (tertiary/aromatic N) is 2. The molecule has 1 aromatic carbocycles. The number of benzene rings is 1. The summed E-state index contributed by atoms with van der Waals surface area (Å²) >= 11 is 6.22. The molecule has 0 spiro atoms. The van der Waals surface area contributed by atoms with Gasteiger partial charge < -0.3 is 18.9 Å². The minimum atomic E-state index is -0.797. The first-order valence-electron chi connectivity index (χ1n) is 10.1. The molecule has 0 N–H and O–H groups in total. The average Bonchev–Trinajstić information content (AvgIpc) is 2.96. The SMILES string of the molecule is CCOC(=O)c1c(C)c(C(=O)[C@H](C)N(CCOC)C(=O)c2ccccc2Cl)c(C)n1C. The van der Waals surface area contributed by atoms with E-state index in [4.69, 9.17) is 21.1 Å². The molecule has 0 bridgehead atoms. The van der Waals surface area contributed by atoms with E-state index in [2.05, 4.69) is 0 Å². The summed E-state index contributed by atoms with van der Waals surface area (Å²) in [5.74, 6) is -1.11. The van der Waals surface area contributed by atoms with E-state index in [0.29, 0.717) is 33.1 Å². The third-order valence-electron chi connectivity index (χ3n) is 5.39. The van der Waals surface area contributed by atoms with Crippen LogP contribution < -0.4 is 0 Å². The number of ketones is 1. The lowest BCUT2D eigenvalue weighted by atomic mass is 9.99. The van der Waals surface area contributed by atoms with Gasteiger partial charge in [0.2, 0.25) is 0 Å². The molecule has 1 heterocycles. The van der Waals surface area contributed by atoms with Crippen LogP contribution in [0.5, 0.6) is 0 Å². The number of ether oxygens (including phenoxy) is 2. The molecule has 31 heavy (non-hydrogen) atoms. The highest BCUT2D eigenvalue weighted by molar-refractivity contribution is 6.33. The van der Waals surface area contributed by atoms with Crippen LogP contribution in [0, 0.1) is 13.8 Å². The number of Topliss-reactive ketones (excluding diaryl/α,β-unsaturated/α-hetero) is 1. The first-order valence-corrected chi connectivity index (χ1v) is 10.5. The third-order valence-corrected chi connectivity index (χ3v) is 5.72. The van der Waals surface area contributed by atoms with E-state index >= 15 is 0 Å². The van der Waals surface area contributed by atoms with E-state index in [9.17, 15) is 14.4 Å². The molecule has 0 aliphatic carbocycles. The fourth-order valence-corrected chi connectivity index (χ4v) is 3.85. The van der Waals surface area contributed by atoms with Crippen LogP contribution >= 0.6 is 11.6 Å². The van der Waals surface area contributed by atoms with Crippen molar-refractivity contribution >= 4 is 29.3 Å². The predicted molar refractivity (Wildman–Crippen MR) is 119 cm³/mol. The fraction of sp³-hybridized carbons (Fsp3) is 0.435. The van der Waals surface area contributed by atoms with Crippen molar-refractivity contribution in [3.63, 3.8) is 0 Å². The highest BCUT2D eigenvalue weighted by Gasteiger charge is 2.33. The molecule has 1 amide bonds. The van der Waals surface area contributed by atoms with Gasteiger partial charge in [-0.1, -0.05) is 23.7 Å². The standard InChI is InChI=1S/C23H29ClN2O5/c1-7-31-23(29)20-14(2)19(15(3)25(20)5)21(27)16(4)26(12-13-30-6)22(28)17-10-8-9-11-18(17)24/h8-11,16H,7,12-13H2,1-6H3/t16-/m0/s1. The average molecular weight is 449 g/mol. The molecular weight excluding hydrogens is 420 g/mol. The first kappa shape index (κ1) is 24.6. The molecule has 168 valence electrons. The Morgan fingerprint density at radius 2 is 1.84 bits per heavy atom. The van der Waals surface area contributed by atoms with Crippen molar-refractivity contribution in [3.05, 3.63) is 57.4 Å². The first-order chi connectivity index (χ1) is 14.7. The fourth-order valence-electron chi connectivity index (χ4n) is 3.63. The van der Waals surface area contributed by atoms with Gasteiger partial charge in [-0.05, 0) is 45.4 Å². The second-order valence-electron chi connectivity index (χ2n) is 7.22. The minimum Gasteiger partial charge on any atom is -0.461 e. The maximum Gasteiger partial charge on any atom is 0.355 e. The number of esters is 1. The molecule has 8 heteroatoms. The summed E-state index contributed by atoms with van der Waals surface area (Å²) < 4.78 is 11.9. The van der Waals surface area contributed by atoms with Gasteiger partial charge >= 0.3 is 5.97 Å². The maximum absolute atomic E-state index is 13.5. The van der Waals surface area contributed by atoms with Crippen molar-refractivity contribution in [1.82, 2.24) is 9.47 Å². The Morgan fingerprint density at radius 3 is 2.42 bits per heavy atom. The van der Waals surface area contributed by atoms with Gasteiger partial charge in [0.05, 0.1) is 29.8 Å². The van der Waals surface area contributed by atoms with E-state index in [1.165, 1.54) is 12.0 Å². The van der Waals surface area contributed by atoms with E-state index in [1.54, 1.807) is 63.6 Å². The van der Waals surface area contributed by atoms with Gasteiger partial charge in [-0.2, -0.15) is 0 Å². The van der Waals surface area contributed by atoms with Gasteiger partial charge in [-0.3, -0.25) is 9.59 Å². The van der Waals surface area contributed by atoms with Crippen molar-refractivity contribution < 1.29 is 23.9 Å². The third kappa shape index (κ3) is 4.99. The number of aromatic nitrogens is 1. The van der Waals surface area contributed by atoms with Crippen molar-refractivity contribution in [1.29, 1.82) is 0 Å². The quantitative estimate of drug-likeness (QED) is 0.430. The molecule has 0 aliphatic heterocycles. The van der Waals surface area contributed by atoms with Crippen LogP contribution in [0.3, 0.4) is 0 Å². The molecule has 1 atom stereocenters. The summed E-state index contributed by atoms with van der Waals surface area (Å²) in [7, 11) is 3.25. The molecule has 0 saturated carbocycles. The normalized spacial score (nSPS) is 11.8. The summed E-state index contributed by atoms with van der Waals surface area (Å²) in [4.78, 5) is 40.6. The Bertz CT molecular complexity index is 983. The number of rotatable bonds is 9. The van der Waals surface area contributed by atoms with Gasteiger partial charge in [0, 0.05) is 32.0 Å². The smallest absolute Gasteiger partial charge is 0.355 e. The van der Waals surface area contributed by atoms with Gasteiger partial charge in [0.25, 0.3) is 5.91 Å². The Kier molecular flexibility index (Phi) is 8.42. The number of carbonyl (C=O) groups excluding carboxylic acids is 3. The predicted octanol–water partition coefficient (Wildman–Crippen LogP) is 3.83. The van der Waals surface area contributed by atoms with Crippen LogP contribution in [0.15, 0.2) is 24.3 Å². The lowest BCUT2D eigenvalue weighted by Gasteiger charge is -2.29. The van der Waals surface area contributed by atoms with Crippen LogP contribution in [0.25, 0.3) is 0 Å². The molecule has 0 unspecified atom stereocenters. The van der Waals surface area contributed by atoms with Gasteiger partial charge in [0.15, 0.2) is 5.78 Å². The molecule has 0 saturated heterocycles. The lowest BCUT2D eigenvalue weighted by Crippen LogP contribution is -2.45. The molecule has 7 nitrogen and oxygen atoms in total. The van der Waals surface area contributed by atoms with Crippen LogP contribution in [-0.4, -0.2) is 60.0 Å². The Morgan fingerprint density at radius 1 is 1.19 bits per heavy atom. The highest BCUT2D eigenvalue weighted by atomic mass is 35.5. The number of carbonyl (C=O) groups is 3. The van der Waals surface area contributed by atoms with Crippen LogP contribution in [0.2, 0.25) is 5.02 Å². The van der Waals surface area contributed by atoms with Gasteiger partial charge in [-0.25, -0.2) is 4.79 Å². The Balaban J connectivity index is 2.46. The van der Waals surface area contributed by atoms with Crippen LogP contribution in [0.4, 0.5) is 0 Å². The van der Waals surface area contributed by atoms with E-state index in [0.717, 1.165) is 0 Å². The van der Waals surface area contributed by atoms with E-state index < -0.39 is 12.0 Å². The number of hydrogen-bond acceptors (Lipinski definition) is 5. The molecule has 1 aromatic heterocycles. The molecule has 0 aliphatic rings. The molecule has 2 rings (SSSR count). The van der Waals surface area contributed by atoms with Gasteiger partial charge in [-0.15, -0.1) is 0 Å². The summed E-state index contributed by atoms with van der Waals surface area (Å²) in [5, 5.41) is 0.311. The van der Waals surface area contributed by atoms with Crippen molar-refractivity contribution in [2.45, 2.75) is 33.7 Å².